The minimum atomic E-state index is -0.535. The molecule has 0 saturated carbocycles. The van der Waals surface area contributed by atoms with E-state index in [1.807, 2.05) is 5.48 Å². The third-order valence-electron chi connectivity index (χ3n) is 0.978. The number of primary amides is 1. The highest BCUT2D eigenvalue weighted by Gasteiger charge is 2.02. The van der Waals surface area contributed by atoms with E-state index < -0.39 is 11.8 Å². The van der Waals surface area contributed by atoms with Crippen LogP contribution in [0.2, 0.25) is 0 Å². The van der Waals surface area contributed by atoms with Gasteiger partial charge in [-0.3, -0.25) is 14.4 Å². The summed E-state index contributed by atoms with van der Waals surface area (Å²) in [5.41, 5.74) is 6.83. The quantitative estimate of drug-likeness (QED) is 0.331. The molecule has 0 heterocycles. The predicted octanol–water partition coefficient (Wildman–Crippen LogP) is -1.71. The molecule has 0 rings (SSSR count). The molecule has 0 saturated heterocycles. The molecule has 0 aromatic heterocycles. The number of hydrogen-bond donors (Lipinski definition) is 3. The van der Waals surface area contributed by atoms with Gasteiger partial charge in [0, 0.05) is 12.8 Å². The third kappa shape index (κ3) is 6.97. The monoisotopic (exact) mass is 176 g/mol. The Morgan fingerprint density at radius 2 is 2.08 bits per heavy atom. The number of nitrogens with two attached hydrogens (primary N) is 1. The Kier molecular flexibility index (Phi) is 5.94. The molecule has 0 spiro atoms. The number of rotatable bonds is 6. The highest BCUT2D eigenvalue weighted by atomic mass is 16.7. The molecule has 0 bridgehead atoms. The second kappa shape index (κ2) is 6.56. The van der Waals surface area contributed by atoms with E-state index in [0.717, 1.165) is 0 Å². The van der Waals surface area contributed by atoms with Gasteiger partial charge in [-0.1, -0.05) is 0 Å². The van der Waals surface area contributed by atoms with Gasteiger partial charge in [-0.15, -0.1) is 0 Å². The molecule has 70 valence electrons. The molecule has 4 N–H and O–H groups in total. The van der Waals surface area contributed by atoms with Gasteiger partial charge in [0.1, 0.15) is 0 Å². The van der Waals surface area contributed by atoms with Crippen LogP contribution in [0.1, 0.15) is 12.8 Å². The van der Waals surface area contributed by atoms with Crippen molar-refractivity contribution in [3.05, 3.63) is 0 Å². The molecule has 12 heavy (non-hydrogen) atoms. The summed E-state index contributed by atoms with van der Waals surface area (Å²) in [4.78, 5) is 25.4. The summed E-state index contributed by atoms with van der Waals surface area (Å²) < 4.78 is 0. The lowest BCUT2D eigenvalue weighted by atomic mass is 10.3. The van der Waals surface area contributed by atoms with E-state index in [-0.39, 0.29) is 26.1 Å². The summed E-state index contributed by atoms with van der Waals surface area (Å²) in [5.74, 6) is -0.963. The van der Waals surface area contributed by atoms with Crippen LogP contribution in [-0.4, -0.2) is 30.1 Å². The van der Waals surface area contributed by atoms with Gasteiger partial charge in [0.05, 0.1) is 13.2 Å². The van der Waals surface area contributed by atoms with Crippen LogP contribution < -0.4 is 11.2 Å². The van der Waals surface area contributed by atoms with Gasteiger partial charge in [0.15, 0.2) is 0 Å². The minimum absolute atomic E-state index is 0.000756. The Balaban J connectivity index is 3.28. The van der Waals surface area contributed by atoms with Crippen LogP contribution in [0.25, 0.3) is 0 Å². The minimum Gasteiger partial charge on any atom is -0.394 e. The first kappa shape index (κ1) is 10.9. The predicted molar refractivity (Wildman–Crippen MR) is 39.6 cm³/mol. The van der Waals surface area contributed by atoms with Gasteiger partial charge in [-0.05, 0) is 0 Å². The van der Waals surface area contributed by atoms with Crippen molar-refractivity contribution in [3.63, 3.8) is 0 Å². The lowest BCUT2D eigenvalue weighted by Gasteiger charge is -2.02. The summed E-state index contributed by atoms with van der Waals surface area (Å²) in [6, 6.07) is 0. The first-order valence-corrected chi connectivity index (χ1v) is 3.46. The zero-order chi connectivity index (χ0) is 9.40. The summed E-state index contributed by atoms with van der Waals surface area (Å²) >= 11 is 0. The number of hydrogen-bond acceptors (Lipinski definition) is 4. The van der Waals surface area contributed by atoms with Crippen LogP contribution in [0.5, 0.6) is 0 Å². The van der Waals surface area contributed by atoms with Gasteiger partial charge in [0.2, 0.25) is 11.8 Å². The van der Waals surface area contributed by atoms with Gasteiger partial charge in [0.25, 0.3) is 0 Å². The summed E-state index contributed by atoms with van der Waals surface area (Å²) in [6.45, 7) is -0.140. The van der Waals surface area contributed by atoms with Crippen molar-refractivity contribution < 1.29 is 19.5 Å². The number of aliphatic hydroxyl groups is 1. The van der Waals surface area contributed by atoms with Crippen LogP contribution >= 0.6 is 0 Å². The first-order chi connectivity index (χ1) is 5.66. The van der Waals surface area contributed by atoms with Crippen molar-refractivity contribution in [1.29, 1.82) is 0 Å². The molecular weight excluding hydrogens is 164 g/mol. The number of aliphatic hydroxyl groups excluding tert-OH is 1. The highest BCUT2D eigenvalue weighted by molar-refractivity contribution is 5.82. The largest absolute Gasteiger partial charge is 0.394 e. The number of hydroxylamine groups is 1. The van der Waals surface area contributed by atoms with E-state index in [9.17, 15) is 9.59 Å². The smallest absolute Gasteiger partial charge is 0.244 e. The molecule has 0 aliphatic rings. The van der Waals surface area contributed by atoms with Crippen molar-refractivity contribution in [2.24, 2.45) is 5.73 Å². The molecule has 0 atom stereocenters. The van der Waals surface area contributed by atoms with Crippen LogP contribution in [-0.2, 0) is 14.4 Å². The van der Waals surface area contributed by atoms with Gasteiger partial charge < -0.3 is 10.8 Å². The number of nitrogens with one attached hydrogen (secondary N) is 1. The van der Waals surface area contributed by atoms with Crippen molar-refractivity contribution >= 4 is 11.8 Å². The molecule has 6 heteroatoms. The third-order valence-corrected chi connectivity index (χ3v) is 0.978. The fourth-order valence-corrected chi connectivity index (χ4v) is 0.465. The Hall–Kier alpha value is -1.14. The Morgan fingerprint density at radius 3 is 2.58 bits per heavy atom. The summed E-state index contributed by atoms with van der Waals surface area (Å²) in [5, 5.41) is 8.25. The topological polar surface area (TPSA) is 102 Å². The van der Waals surface area contributed by atoms with E-state index in [4.69, 9.17) is 10.8 Å². The van der Waals surface area contributed by atoms with Crippen molar-refractivity contribution in [3.8, 4) is 0 Å². The first-order valence-electron chi connectivity index (χ1n) is 3.46. The van der Waals surface area contributed by atoms with Crippen molar-refractivity contribution in [2.75, 3.05) is 13.2 Å². The molecule has 0 aromatic carbocycles. The fraction of sp³-hybridized carbons (Fsp3) is 0.667. The van der Waals surface area contributed by atoms with Gasteiger partial charge >= 0.3 is 0 Å². The molecule has 6 nitrogen and oxygen atoms in total. The number of carbonyl (C=O) groups is 2. The second-order valence-electron chi connectivity index (χ2n) is 2.06. The van der Waals surface area contributed by atoms with E-state index in [0.29, 0.717) is 0 Å². The SMILES string of the molecule is NC(=O)CCC(=O)NOCCO. The molecule has 0 aliphatic carbocycles. The summed E-state index contributed by atoms with van der Waals surface area (Å²) in [7, 11) is 0. The maximum absolute atomic E-state index is 10.7. The van der Waals surface area contributed by atoms with E-state index in [1.54, 1.807) is 0 Å². The maximum atomic E-state index is 10.7. The molecule has 0 aliphatic heterocycles. The fourth-order valence-electron chi connectivity index (χ4n) is 0.465. The zero-order valence-corrected chi connectivity index (χ0v) is 6.58. The summed E-state index contributed by atoms with van der Waals surface area (Å²) in [6.07, 6.45) is -0.00488. The molecular formula is C6H12N2O4. The zero-order valence-electron chi connectivity index (χ0n) is 6.58. The Morgan fingerprint density at radius 1 is 1.42 bits per heavy atom. The lowest BCUT2D eigenvalue weighted by Crippen LogP contribution is -2.26. The average Bonchev–Trinajstić information content (AvgIpc) is 2.01. The van der Waals surface area contributed by atoms with Crippen LogP contribution in [0.3, 0.4) is 0 Å². The molecule has 0 fully saturated rings. The van der Waals surface area contributed by atoms with Crippen LogP contribution in [0.4, 0.5) is 0 Å². The molecule has 0 aromatic rings. The Labute approximate surface area is 69.6 Å². The standard InChI is InChI=1S/C6H12N2O4/c7-5(10)1-2-6(11)8-12-4-3-9/h9H,1-4H2,(H2,7,10)(H,8,11). The average molecular weight is 176 g/mol. The number of carbonyl (C=O) groups excluding carboxylic acids is 2. The van der Waals surface area contributed by atoms with Gasteiger partial charge in [-0.2, -0.15) is 0 Å². The second-order valence-corrected chi connectivity index (χ2v) is 2.06. The lowest BCUT2D eigenvalue weighted by molar-refractivity contribution is -0.135. The molecule has 0 unspecified atom stereocenters. The number of amides is 2. The normalized spacial score (nSPS) is 9.42. The van der Waals surface area contributed by atoms with E-state index in [2.05, 4.69) is 4.84 Å². The van der Waals surface area contributed by atoms with Crippen molar-refractivity contribution in [1.82, 2.24) is 5.48 Å². The van der Waals surface area contributed by atoms with E-state index >= 15 is 0 Å². The highest BCUT2D eigenvalue weighted by Crippen LogP contribution is 1.86. The van der Waals surface area contributed by atoms with Gasteiger partial charge in [-0.25, -0.2) is 5.48 Å². The maximum Gasteiger partial charge on any atom is 0.244 e. The van der Waals surface area contributed by atoms with Crippen molar-refractivity contribution in [2.45, 2.75) is 12.8 Å². The van der Waals surface area contributed by atoms with Crippen LogP contribution in [0, 0.1) is 0 Å². The molecule has 0 radical (unpaired) electrons. The van der Waals surface area contributed by atoms with Crippen LogP contribution in [0.15, 0.2) is 0 Å². The molecule has 2 amide bonds. The Bertz CT molecular complexity index is 160. The van der Waals surface area contributed by atoms with E-state index in [1.165, 1.54) is 0 Å².